The van der Waals surface area contributed by atoms with Gasteiger partial charge < -0.3 is 14.4 Å². The number of hydrogen-bond acceptors (Lipinski definition) is 7. The number of carbonyl (C=O) groups is 2. The Morgan fingerprint density at radius 1 is 0.483 bits per heavy atom. The summed E-state index contributed by atoms with van der Waals surface area (Å²) in [7, 11) is -4.29. The molecule has 0 radical (unpaired) electrons. The highest BCUT2D eigenvalue weighted by atomic mass is 31.2. The van der Waals surface area contributed by atoms with Crippen molar-refractivity contribution < 1.29 is 37.6 Å². The second kappa shape index (κ2) is 44.3. The molecule has 8 nitrogen and oxygen atoms in total. The molecule has 2 atom stereocenters. The van der Waals surface area contributed by atoms with Crippen LogP contribution < -0.4 is 0 Å². The average molecular weight is 835 g/mol. The van der Waals surface area contributed by atoms with Crippen LogP contribution in [0.25, 0.3) is 0 Å². The lowest BCUT2D eigenvalue weighted by molar-refractivity contribution is -0.161. The molecule has 0 saturated heterocycles. The second-order valence-electron chi connectivity index (χ2n) is 15.4. The molecule has 0 saturated carbocycles. The third-order valence-corrected chi connectivity index (χ3v) is 10.9. The molecule has 0 fully saturated rings. The van der Waals surface area contributed by atoms with Crippen molar-refractivity contribution in [2.24, 2.45) is 0 Å². The fraction of sp³-hybridized carbons (Fsp3) is 0.755. The minimum absolute atomic E-state index is 0.00712. The number of rotatable bonds is 43. The van der Waals surface area contributed by atoms with E-state index in [1.165, 1.54) is 103 Å². The Morgan fingerprint density at radius 3 is 1.34 bits per heavy atom. The first-order valence-electron chi connectivity index (χ1n) is 23.6. The van der Waals surface area contributed by atoms with Gasteiger partial charge >= 0.3 is 19.8 Å². The van der Waals surface area contributed by atoms with Crippen LogP contribution >= 0.6 is 7.82 Å². The van der Waals surface area contributed by atoms with Crippen LogP contribution in [0.2, 0.25) is 0 Å². The van der Waals surface area contributed by atoms with Gasteiger partial charge in [0.25, 0.3) is 0 Å². The predicted octanol–water partition coefficient (Wildman–Crippen LogP) is 15.1. The topological polar surface area (TPSA) is 108 Å². The second-order valence-corrected chi connectivity index (χ2v) is 16.8. The van der Waals surface area contributed by atoms with Crippen molar-refractivity contribution in [3.05, 3.63) is 60.8 Å². The molecule has 0 heterocycles. The number of esters is 2. The van der Waals surface area contributed by atoms with E-state index in [-0.39, 0.29) is 32.0 Å². The minimum Gasteiger partial charge on any atom is -0.462 e. The van der Waals surface area contributed by atoms with E-state index in [0.29, 0.717) is 6.42 Å². The van der Waals surface area contributed by atoms with E-state index < -0.39 is 26.5 Å². The van der Waals surface area contributed by atoms with Gasteiger partial charge in [0.05, 0.1) is 13.2 Å². The molecule has 0 aliphatic rings. The molecule has 2 unspecified atom stereocenters. The van der Waals surface area contributed by atoms with Crippen molar-refractivity contribution in [1.29, 1.82) is 0 Å². The molecule has 58 heavy (non-hydrogen) atoms. The maximum absolute atomic E-state index is 12.6. The fourth-order valence-corrected chi connectivity index (χ4v) is 7.14. The van der Waals surface area contributed by atoms with Gasteiger partial charge in [0.1, 0.15) is 6.61 Å². The third-order valence-electron chi connectivity index (χ3n) is 9.81. The maximum atomic E-state index is 12.6. The third kappa shape index (κ3) is 43.3. The van der Waals surface area contributed by atoms with Crippen LogP contribution in [0.5, 0.6) is 0 Å². The number of phosphoric acid groups is 1. The van der Waals surface area contributed by atoms with Gasteiger partial charge in [0, 0.05) is 12.8 Å². The van der Waals surface area contributed by atoms with Gasteiger partial charge in [-0.1, -0.05) is 177 Å². The molecule has 9 heteroatoms. The molecule has 0 aliphatic carbocycles. The van der Waals surface area contributed by atoms with E-state index in [1.54, 1.807) is 6.92 Å². The minimum atomic E-state index is -4.29. The zero-order chi connectivity index (χ0) is 42.5. The molecule has 1 N–H and O–H groups in total. The first-order chi connectivity index (χ1) is 28.3. The van der Waals surface area contributed by atoms with Gasteiger partial charge in [-0.25, -0.2) is 4.57 Å². The highest BCUT2D eigenvalue weighted by Crippen LogP contribution is 2.43. The van der Waals surface area contributed by atoms with E-state index in [4.69, 9.17) is 18.5 Å². The maximum Gasteiger partial charge on any atom is 0.472 e. The summed E-state index contributed by atoms with van der Waals surface area (Å²) >= 11 is 0. The van der Waals surface area contributed by atoms with Crippen LogP contribution in [0.1, 0.15) is 213 Å². The summed E-state index contributed by atoms with van der Waals surface area (Å²) in [6.45, 7) is 5.34. The number of allylic oxidation sites excluding steroid dienone is 10. The monoisotopic (exact) mass is 835 g/mol. The summed E-state index contributed by atoms with van der Waals surface area (Å²) in [6.07, 6.45) is 54.2. The fourth-order valence-electron chi connectivity index (χ4n) is 6.38. The molecule has 0 aromatic heterocycles. The predicted molar refractivity (Wildman–Crippen MR) is 244 cm³/mol. The van der Waals surface area contributed by atoms with Crippen molar-refractivity contribution in [2.75, 3.05) is 19.8 Å². The van der Waals surface area contributed by atoms with Crippen LogP contribution in [0.15, 0.2) is 60.8 Å². The van der Waals surface area contributed by atoms with Crippen molar-refractivity contribution in [3.63, 3.8) is 0 Å². The van der Waals surface area contributed by atoms with Crippen LogP contribution in [0.4, 0.5) is 0 Å². The number of hydrogen-bond donors (Lipinski definition) is 1. The number of ether oxygens (including phenoxy) is 2. The molecule has 336 valence electrons. The summed E-state index contributed by atoms with van der Waals surface area (Å²) in [4.78, 5) is 34.8. The van der Waals surface area contributed by atoms with Crippen molar-refractivity contribution >= 4 is 19.8 Å². The molecule has 0 aromatic carbocycles. The van der Waals surface area contributed by atoms with Gasteiger partial charge in [-0.2, -0.15) is 0 Å². The quantitative estimate of drug-likeness (QED) is 0.0280. The lowest BCUT2D eigenvalue weighted by atomic mass is 10.1. The molecule has 0 amide bonds. The molecular weight excluding hydrogens is 748 g/mol. The molecule has 0 aliphatic heterocycles. The smallest absolute Gasteiger partial charge is 0.462 e. The highest BCUT2D eigenvalue weighted by molar-refractivity contribution is 7.47. The van der Waals surface area contributed by atoms with E-state index in [9.17, 15) is 19.0 Å². The Bertz CT molecular complexity index is 1130. The van der Waals surface area contributed by atoms with Crippen molar-refractivity contribution in [1.82, 2.24) is 0 Å². The van der Waals surface area contributed by atoms with E-state index >= 15 is 0 Å². The lowest BCUT2D eigenvalue weighted by Crippen LogP contribution is -2.29. The Kier molecular flexibility index (Phi) is 42.6. The molecule has 0 bridgehead atoms. The molecule has 0 aromatic rings. The summed E-state index contributed by atoms with van der Waals surface area (Å²) < 4.78 is 32.7. The van der Waals surface area contributed by atoms with Gasteiger partial charge in [-0.15, -0.1) is 0 Å². The van der Waals surface area contributed by atoms with Crippen LogP contribution in [-0.2, 0) is 32.7 Å². The van der Waals surface area contributed by atoms with Crippen LogP contribution in [0.3, 0.4) is 0 Å². The van der Waals surface area contributed by atoms with Gasteiger partial charge in [-0.05, 0) is 84.0 Å². The lowest BCUT2D eigenvalue weighted by Gasteiger charge is -2.19. The van der Waals surface area contributed by atoms with E-state index in [2.05, 4.69) is 74.6 Å². The number of phosphoric ester groups is 1. The van der Waals surface area contributed by atoms with E-state index in [0.717, 1.165) is 70.6 Å². The Morgan fingerprint density at radius 2 is 0.879 bits per heavy atom. The Balaban J connectivity index is 4.06. The first kappa shape index (κ1) is 55.8. The summed E-state index contributed by atoms with van der Waals surface area (Å²) in [5.74, 6) is -0.827. The summed E-state index contributed by atoms with van der Waals surface area (Å²) in [5.41, 5.74) is 0. The van der Waals surface area contributed by atoms with Gasteiger partial charge in [0.2, 0.25) is 0 Å². The molecule has 0 rings (SSSR count). The molecular formula is C49H87O8P. The average Bonchev–Trinajstić information content (AvgIpc) is 3.20. The molecule has 0 spiro atoms. The summed E-state index contributed by atoms with van der Waals surface area (Å²) in [5, 5.41) is 0. The van der Waals surface area contributed by atoms with Gasteiger partial charge in [0.15, 0.2) is 6.10 Å². The zero-order valence-electron chi connectivity index (χ0n) is 37.4. The SMILES string of the molecule is CC/C=C\C/C=C\C/C=C\C/C=C\CCCCCCC(=O)OC(COC(=O)CCCCCCCCCCC/C=C\CCCCCCCCCC)COP(=O)(O)OCC. The van der Waals surface area contributed by atoms with Crippen molar-refractivity contribution in [3.8, 4) is 0 Å². The largest absolute Gasteiger partial charge is 0.472 e. The highest BCUT2D eigenvalue weighted by Gasteiger charge is 2.25. The van der Waals surface area contributed by atoms with E-state index in [1.807, 2.05) is 0 Å². The number of unbranched alkanes of at least 4 members (excludes halogenated alkanes) is 21. The van der Waals surface area contributed by atoms with Crippen molar-refractivity contribution in [2.45, 2.75) is 219 Å². The van der Waals surface area contributed by atoms with Gasteiger partial charge in [-0.3, -0.25) is 18.6 Å². The Labute approximate surface area is 356 Å². The summed E-state index contributed by atoms with van der Waals surface area (Å²) in [6, 6.07) is 0. The first-order valence-corrected chi connectivity index (χ1v) is 25.1. The normalized spacial score (nSPS) is 13.8. The Hall–Kier alpha value is -2.25. The van der Waals surface area contributed by atoms with Crippen LogP contribution in [0, 0.1) is 0 Å². The standard InChI is InChI=1S/C49H87O8P/c1-4-7-9-11-13-15-17-19-21-23-24-25-26-28-29-31-33-35-37-39-41-43-48(50)54-45-47(46-56-58(52,53)55-6-3)57-49(51)44-42-40-38-36-34-32-30-27-22-20-18-16-14-12-10-8-5-2/h8,10,14,16,20,22-24,30,32,47H,4-7,9,11-13,15,17-19,21,25-29,31,33-46H2,1-3H3,(H,52,53)/b10-8-,16-14-,22-20-,24-23-,32-30-. The van der Waals surface area contributed by atoms with Crippen LogP contribution in [-0.4, -0.2) is 42.8 Å². The zero-order valence-corrected chi connectivity index (χ0v) is 38.3. The number of carbonyl (C=O) groups excluding carboxylic acids is 2.